The molecule has 0 aromatic heterocycles. The van der Waals surface area contributed by atoms with Crippen LogP contribution in [0.4, 0.5) is 5.69 Å². The molecule has 0 atom stereocenters. The molecule has 6 nitrogen and oxygen atoms in total. The second-order valence-electron chi connectivity index (χ2n) is 4.94. The number of rotatable bonds is 6. The van der Waals surface area contributed by atoms with Crippen LogP contribution in [0.15, 0.2) is 54.6 Å². The summed E-state index contributed by atoms with van der Waals surface area (Å²) in [5.74, 6) is -1.39. The second kappa shape index (κ2) is 8.47. The van der Waals surface area contributed by atoms with Crippen LogP contribution in [-0.4, -0.2) is 31.6 Å². The lowest BCUT2D eigenvalue weighted by molar-refractivity contribution is -0.146. The average molecular weight is 327 g/mol. The van der Waals surface area contributed by atoms with E-state index in [1.165, 1.54) is 19.2 Å². The lowest BCUT2D eigenvalue weighted by atomic mass is 10.2. The molecule has 24 heavy (non-hydrogen) atoms. The van der Waals surface area contributed by atoms with Gasteiger partial charge in [-0.2, -0.15) is 0 Å². The Morgan fingerprint density at radius 2 is 1.62 bits per heavy atom. The van der Waals surface area contributed by atoms with E-state index in [-0.39, 0.29) is 13.0 Å². The summed E-state index contributed by atoms with van der Waals surface area (Å²) < 4.78 is 9.52. The Morgan fingerprint density at radius 1 is 0.958 bits per heavy atom. The number of amides is 1. The summed E-state index contributed by atoms with van der Waals surface area (Å²) in [5, 5.41) is 2.58. The molecule has 0 fully saturated rings. The first-order chi connectivity index (χ1) is 11.6. The first-order valence-corrected chi connectivity index (χ1v) is 7.26. The zero-order valence-electron chi connectivity index (χ0n) is 13.2. The highest BCUT2D eigenvalue weighted by Gasteiger charge is 2.10. The lowest BCUT2D eigenvalue weighted by Crippen LogP contribution is -2.21. The molecule has 0 bridgehead atoms. The molecule has 0 heterocycles. The van der Waals surface area contributed by atoms with Crippen molar-refractivity contribution in [1.82, 2.24) is 0 Å². The number of carbonyl (C=O) groups excluding carboxylic acids is 3. The third kappa shape index (κ3) is 5.24. The van der Waals surface area contributed by atoms with E-state index in [1.807, 2.05) is 30.3 Å². The summed E-state index contributed by atoms with van der Waals surface area (Å²) in [4.78, 5) is 34.7. The van der Waals surface area contributed by atoms with Gasteiger partial charge in [0.15, 0.2) is 6.61 Å². The van der Waals surface area contributed by atoms with Crippen molar-refractivity contribution in [2.75, 3.05) is 19.0 Å². The Bertz CT molecular complexity index is 710. The van der Waals surface area contributed by atoms with Gasteiger partial charge in [0, 0.05) is 5.69 Å². The van der Waals surface area contributed by atoms with E-state index in [1.54, 1.807) is 12.1 Å². The molecule has 0 unspecified atom stereocenters. The first kappa shape index (κ1) is 17.2. The molecule has 1 amide bonds. The van der Waals surface area contributed by atoms with Crippen LogP contribution in [-0.2, 0) is 25.5 Å². The summed E-state index contributed by atoms with van der Waals surface area (Å²) in [5.41, 5.74) is 1.69. The molecule has 0 aliphatic heterocycles. The van der Waals surface area contributed by atoms with Crippen molar-refractivity contribution in [3.8, 4) is 0 Å². The third-order valence-electron chi connectivity index (χ3n) is 3.15. The van der Waals surface area contributed by atoms with E-state index in [9.17, 15) is 14.4 Å². The minimum Gasteiger partial charge on any atom is -0.465 e. The van der Waals surface area contributed by atoms with Crippen LogP contribution in [0, 0.1) is 0 Å². The van der Waals surface area contributed by atoms with Gasteiger partial charge in [-0.05, 0) is 29.8 Å². The number of benzene rings is 2. The molecule has 1 N–H and O–H groups in total. The maximum atomic E-state index is 11.8. The summed E-state index contributed by atoms with van der Waals surface area (Å²) in [6.07, 6.45) is 0.113. The predicted molar refractivity (Wildman–Crippen MR) is 87.5 cm³/mol. The summed E-state index contributed by atoms with van der Waals surface area (Å²) in [6.45, 7) is -0.371. The number of anilines is 1. The van der Waals surface area contributed by atoms with Crippen molar-refractivity contribution in [2.24, 2.45) is 0 Å². The average Bonchev–Trinajstić information content (AvgIpc) is 2.61. The number of esters is 2. The zero-order valence-corrected chi connectivity index (χ0v) is 13.2. The quantitative estimate of drug-likeness (QED) is 0.823. The molecule has 124 valence electrons. The van der Waals surface area contributed by atoms with Crippen molar-refractivity contribution < 1.29 is 23.9 Å². The van der Waals surface area contributed by atoms with Crippen LogP contribution in [0.2, 0.25) is 0 Å². The van der Waals surface area contributed by atoms with Crippen LogP contribution in [0.1, 0.15) is 15.9 Å². The number of carbonyl (C=O) groups is 3. The van der Waals surface area contributed by atoms with E-state index >= 15 is 0 Å². The molecule has 0 aliphatic carbocycles. The van der Waals surface area contributed by atoms with E-state index in [0.717, 1.165) is 5.56 Å². The van der Waals surface area contributed by atoms with Crippen molar-refractivity contribution in [3.05, 3.63) is 65.7 Å². The van der Waals surface area contributed by atoms with E-state index < -0.39 is 17.8 Å². The van der Waals surface area contributed by atoms with Gasteiger partial charge in [0.1, 0.15) is 0 Å². The fourth-order valence-electron chi connectivity index (χ4n) is 1.96. The van der Waals surface area contributed by atoms with Crippen LogP contribution < -0.4 is 5.32 Å². The normalized spacial score (nSPS) is 9.88. The molecule has 0 saturated carbocycles. The molecule has 0 spiro atoms. The maximum absolute atomic E-state index is 11.8. The summed E-state index contributed by atoms with van der Waals surface area (Å²) >= 11 is 0. The SMILES string of the molecule is COC(=O)c1ccc(NC(=O)COC(=O)Cc2ccccc2)cc1. The number of hydrogen-bond acceptors (Lipinski definition) is 5. The van der Waals surface area contributed by atoms with Crippen molar-refractivity contribution in [3.63, 3.8) is 0 Å². The second-order valence-corrected chi connectivity index (χ2v) is 4.94. The Balaban J connectivity index is 1.78. The first-order valence-electron chi connectivity index (χ1n) is 7.26. The number of ether oxygens (including phenoxy) is 2. The number of hydrogen-bond donors (Lipinski definition) is 1. The molecular weight excluding hydrogens is 310 g/mol. The van der Waals surface area contributed by atoms with Gasteiger partial charge in [-0.1, -0.05) is 30.3 Å². The maximum Gasteiger partial charge on any atom is 0.337 e. The molecule has 2 aromatic rings. The van der Waals surface area contributed by atoms with Crippen LogP contribution in [0.25, 0.3) is 0 Å². The smallest absolute Gasteiger partial charge is 0.337 e. The van der Waals surface area contributed by atoms with Gasteiger partial charge in [0.25, 0.3) is 5.91 Å². The Kier molecular flexibility index (Phi) is 6.08. The van der Waals surface area contributed by atoms with Gasteiger partial charge in [0.2, 0.25) is 0 Å². The van der Waals surface area contributed by atoms with Crippen LogP contribution in [0.3, 0.4) is 0 Å². The van der Waals surface area contributed by atoms with Gasteiger partial charge in [-0.3, -0.25) is 9.59 Å². The molecule has 0 aliphatic rings. The van der Waals surface area contributed by atoms with E-state index in [4.69, 9.17) is 4.74 Å². The topological polar surface area (TPSA) is 81.7 Å². The Morgan fingerprint density at radius 3 is 2.25 bits per heavy atom. The Hall–Kier alpha value is -3.15. The third-order valence-corrected chi connectivity index (χ3v) is 3.15. The largest absolute Gasteiger partial charge is 0.465 e. The fraction of sp³-hybridized carbons (Fsp3) is 0.167. The van der Waals surface area contributed by atoms with Gasteiger partial charge in [-0.25, -0.2) is 4.79 Å². The molecule has 6 heteroatoms. The van der Waals surface area contributed by atoms with Crippen LogP contribution >= 0.6 is 0 Å². The minimum absolute atomic E-state index is 0.113. The highest BCUT2D eigenvalue weighted by Crippen LogP contribution is 2.10. The molecule has 2 rings (SSSR count). The monoisotopic (exact) mass is 327 g/mol. The van der Waals surface area contributed by atoms with Crippen molar-refractivity contribution in [2.45, 2.75) is 6.42 Å². The van der Waals surface area contributed by atoms with E-state index in [0.29, 0.717) is 11.3 Å². The number of nitrogens with one attached hydrogen (secondary N) is 1. The standard InChI is InChI=1S/C18H17NO5/c1-23-18(22)14-7-9-15(10-8-14)19-16(20)12-24-17(21)11-13-5-3-2-4-6-13/h2-10H,11-12H2,1H3,(H,19,20). The van der Waals surface area contributed by atoms with Gasteiger partial charge >= 0.3 is 11.9 Å². The van der Waals surface area contributed by atoms with Gasteiger partial charge in [-0.15, -0.1) is 0 Å². The van der Waals surface area contributed by atoms with E-state index in [2.05, 4.69) is 10.1 Å². The van der Waals surface area contributed by atoms with Gasteiger partial charge in [0.05, 0.1) is 19.1 Å². The summed E-state index contributed by atoms with van der Waals surface area (Å²) in [7, 11) is 1.29. The van der Waals surface area contributed by atoms with Gasteiger partial charge < -0.3 is 14.8 Å². The van der Waals surface area contributed by atoms with Crippen molar-refractivity contribution in [1.29, 1.82) is 0 Å². The Labute approximate surface area is 139 Å². The molecule has 0 saturated heterocycles. The fourth-order valence-corrected chi connectivity index (χ4v) is 1.96. The predicted octanol–water partition coefficient (Wildman–Crippen LogP) is 2.20. The zero-order chi connectivity index (χ0) is 17.4. The minimum atomic E-state index is -0.475. The number of methoxy groups -OCH3 is 1. The molecule has 0 radical (unpaired) electrons. The van der Waals surface area contributed by atoms with Crippen molar-refractivity contribution >= 4 is 23.5 Å². The highest BCUT2D eigenvalue weighted by atomic mass is 16.5. The van der Waals surface area contributed by atoms with Crippen LogP contribution in [0.5, 0.6) is 0 Å². The highest BCUT2D eigenvalue weighted by molar-refractivity contribution is 5.94. The molecule has 2 aromatic carbocycles. The molecular formula is C18H17NO5. The lowest BCUT2D eigenvalue weighted by Gasteiger charge is -2.07. The summed E-state index contributed by atoms with van der Waals surface area (Å²) in [6, 6.07) is 15.3.